The Morgan fingerprint density at radius 3 is 2.12 bits per heavy atom. The summed E-state index contributed by atoms with van der Waals surface area (Å²) in [6.45, 7) is 8.05. The first-order chi connectivity index (χ1) is 23.0. The van der Waals surface area contributed by atoms with Crippen LogP contribution in [0.1, 0.15) is 62.5 Å². The van der Waals surface area contributed by atoms with Gasteiger partial charge in [-0.25, -0.2) is 9.86 Å². The summed E-state index contributed by atoms with van der Waals surface area (Å²) in [6.07, 6.45) is 0. The lowest BCUT2D eigenvalue weighted by molar-refractivity contribution is -0.170. The Morgan fingerprint density at radius 2 is 1.57 bits per heavy atom. The Kier molecular flexibility index (Phi) is 12.3. The summed E-state index contributed by atoms with van der Waals surface area (Å²) in [7, 11) is 3.03. The third-order valence-electron chi connectivity index (χ3n) is 8.85. The number of benzene rings is 3. The van der Waals surface area contributed by atoms with Crippen molar-refractivity contribution in [3.8, 4) is 11.8 Å². The molecule has 3 aromatic carbocycles. The lowest BCUT2D eigenvalue weighted by atomic mass is 9.85. The molecular formula is C37H44Cl2N6O4. The maximum absolute atomic E-state index is 14.8. The number of rotatable bonds is 9. The molecule has 0 spiro atoms. The van der Waals surface area contributed by atoms with Gasteiger partial charge in [0, 0.05) is 43.3 Å². The van der Waals surface area contributed by atoms with E-state index in [1.165, 1.54) is 12.2 Å². The number of hydrogen-bond acceptors (Lipinski definition) is 7. The molecule has 3 aromatic rings. The molecular weight excluding hydrogens is 663 g/mol. The molecule has 0 unspecified atom stereocenters. The van der Waals surface area contributed by atoms with Crippen molar-refractivity contribution in [1.29, 1.82) is 5.26 Å². The number of ether oxygens (including phenoxy) is 1. The zero-order valence-electron chi connectivity index (χ0n) is 27.8. The first-order valence-corrected chi connectivity index (χ1v) is 16.6. The number of hydrogen-bond donors (Lipinski definition) is 0. The van der Waals surface area contributed by atoms with E-state index in [-0.39, 0.29) is 25.9 Å². The van der Waals surface area contributed by atoms with Gasteiger partial charge in [-0.1, -0.05) is 61.0 Å². The molecule has 0 N–H and O–H groups in total. The number of carbonyl (C=O) groups excluding carboxylic acids is 2. The molecule has 10 nitrogen and oxygen atoms in total. The normalized spacial score (nSPS) is 18.0. The predicted octanol–water partition coefficient (Wildman–Crippen LogP) is 7.13. The van der Waals surface area contributed by atoms with Crippen LogP contribution >= 0.6 is 23.2 Å². The fourth-order valence-electron chi connectivity index (χ4n) is 5.93. The van der Waals surface area contributed by atoms with Crippen molar-refractivity contribution in [2.45, 2.75) is 45.7 Å². The molecule has 1 saturated heterocycles. The highest BCUT2D eigenvalue weighted by molar-refractivity contribution is 6.30. The standard InChI is InChI=1S/C36H40Cl2N6O4.CH4/c1-6-48-30-21-26(36(2,3)23-39)11-16-29(30)34-40-32(24-7-12-27(37)13-8-24)33(25-9-14-28(38)15-10-25)44(34)35(46)43-19-17-42(18-20-43)22-31(45)41(4)47-5;/h7-16,21,32-33H,6,17-20,22H2,1-5H3;1H4/t32-,33+;/m0./s1. The monoisotopic (exact) mass is 706 g/mol. The van der Waals surface area contributed by atoms with Crippen LogP contribution in [0.2, 0.25) is 10.0 Å². The largest absolute Gasteiger partial charge is 0.493 e. The molecule has 2 aliphatic rings. The molecule has 0 saturated carbocycles. The van der Waals surface area contributed by atoms with E-state index in [1.54, 1.807) is 16.8 Å². The van der Waals surface area contributed by atoms with Crippen molar-refractivity contribution in [2.75, 3.05) is 53.5 Å². The van der Waals surface area contributed by atoms with Crippen molar-refractivity contribution in [3.05, 3.63) is 99.0 Å². The van der Waals surface area contributed by atoms with E-state index in [0.717, 1.165) is 16.7 Å². The van der Waals surface area contributed by atoms with Gasteiger partial charge < -0.3 is 9.64 Å². The van der Waals surface area contributed by atoms with Crippen LogP contribution in [0.3, 0.4) is 0 Å². The molecule has 2 aliphatic heterocycles. The van der Waals surface area contributed by atoms with Crippen LogP contribution in [0, 0.1) is 11.3 Å². The van der Waals surface area contributed by atoms with E-state index in [2.05, 4.69) is 6.07 Å². The smallest absolute Gasteiger partial charge is 0.326 e. The molecule has 0 aliphatic carbocycles. The zero-order chi connectivity index (χ0) is 34.6. The van der Waals surface area contributed by atoms with Crippen LogP contribution in [0.5, 0.6) is 5.75 Å². The first kappa shape index (κ1) is 37.7. The molecule has 2 heterocycles. The molecule has 0 aromatic heterocycles. The van der Waals surface area contributed by atoms with E-state index in [9.17, 15) is 14.9 Å². The summed E-state index contributed by atoms with van der Waals surface area (Å²) < 4.78 is 6.17. The van der Waals surface area contributed by atoms with Gasteiger partial charge in [0.1, 0.15) is 17.6 Å². The van der Waals surface area contributed by atoms with Gasteiger partial charge in [0.25, 0.3) is 5.91 Å². The summed E-state index contributed by atoms with van der Waals surface area (Å²) in [4.78, 5) is 43.2. The van der Waals surface area contributed by atoms with E-state index < -0.39 is 17.5 Å². The van der Waals surface area contributed by atoms with Gasteiger partial charge in [0.2, 0.25) is 0 Å². The molecule has 260 valence electrons. The van der Waals surface area contributed by atoms with E-state index in [1.807, 2.05) is 92.4 Å². The Hall–Kier alpha value is -4.14. The molecule has 0 radical (unpaired) electrons. The molecule has 1 fully saturated rings. The second-order valence-corrected chi connectivity index (χ2v) is 13.2. The second kappa shape index (κ2) is 16.0. The minimum absolute atomic E-state index is 0. The highest BCUT2D eigenvalue weighted by Crippen LogP contribution is 2.46. The number of urea groups is 1. The van der Waals surface area contributed by atoms with Crippen molar-refractivity contribution in [2.24, 2.45) is 4.99 Å². The minimum atomic E-state index is -0.756. The number of nitrogens with zero attached hydrogens (tertiary/aromatic N) is 6. The van der Waals surface area contributed by atoms with Gasteiger partial charge in [-0.2, -0.15) is 5.26 Å². The maximum atomic E-state index is 14.8. The SMILES string of the molecule is C.CCOc1cc(C(C)(C)C#N)ccc1C1=N[C@@H](c2ccc(Cl)cc2)[C@@H](c2ccc(Cl)cc2)N1C(=O)N1CCN(CC(=O)N(C)OC)CC1. The lowest BCUT2D eigenvalue weighted by Crippen LogP contribution is -2.55. The highest BCUT2D eigenvalue weighted by atomic mass is 35.5. The number of nitriles is 1. The van der Waals surface area contributed by atoms with Gasteiger partial charge in [-0.3, -0.25) is 24.4 Å². The Balaban J connectivity index is 0.00000541. The highest BCUT2D eigenvalue weighted by Gasteiger charge is 2.45. The first-order valence-electron chi connectivity index (χ1n) is 15.9. The number of likely N-dealkylation sites (N-methyl/N-ethyl adjacent to an activating group) is 1. The quantitative estimate of drug-likeness (QED) is 0.220. The van der Waals surface area contributed by atoms with Crippen LogP contribution in [-0.4, -0.2) is 91.0 Å². The van der Waals surface area contributed by atoms with Crippen LogP contribution in [0.4, 0.5) is 4.79 Å². The Bertz CT molecular complexity index is 1700. The predicted molar refractivity (Wildman–Crippen MR) is 193 cm³/mol. The van der Waals surface area contributed by atoms with E-state index in [4.69, 9.17) is 37.8 Å². The van der Waals surface area contributed by atoms with Crippen molar-refractivity contribution < 1.29 is 19.2 Å². The number of halogens is 2. The average Bonchev–Trinajstić information content (AvgIpc) is 3.49. The summed E-state index contributed by atoms with van der Waals surface area (Å²) >= 11 is 12.6. The fourth-order valence-corrected chi connectivity index (χ4v) is 6.18. The Labute approximate surface area is 299 Å². The van der Waals surface area contributed by atoms with Gasteiger partial charge >= 0.3 is 6.03 Å². The fraction of sp³-hybridized carbons (Fsp3) is 0.405. The number of carbonyl (C=O) groups is 2. The van der Waals surface area contributed by atoms with E-state index in [0.29, 0.717) is 60.0 Å². The summed E-state index contributed by atoms with van der Waals surface area (Å²) in [5.41, 5.74) is 2.43. The summed E-state index contributed by atoms with van der Waals surface area (Å²) in [5.74, 6) is 0.836. The third kappa shape index (κ3) is 8.19. The number of amidine groups is 1. The second-order valence-electron chi connectivity index (χ2n) is 12.3. The number of hydroxylamine groups is 2. The Morgan fingerprint density at radius 1 is 0.980 bits per heavy atom. The summed E-state index contributed by atoms with van der Waals surface area (Å²) in [5, 5.41) is 12.2. The average molecular weight is 708 g/mol. The van der Waals surface area contributed by atoms with Crippen LogP contribution < -0.4 is 4.74 Å². The number of piperazine rings is 1. The molecule has 12 heteroatoms. The van der Waals surface area contributed by atoms with Crippen molar-refractivity contribution in [3.63, 3.8) is 0 Å². The number of aliphatic imine (C=N–C) groups is 1. The lowest BCUT2D eigenvalue weighted by Gasteiger charge is -2.39. The zero-order valence-corrected chi connectivity index (χ0v) is 29.3. The topological polar surface area (TPSA) is 102 Å². The van der Waals surface area contributed by atoms with Crippen molar-refractivity contribution >= 4 is 41.0 Å². The molecule has 0 bridgehead atoms. The summed E-state index contributed by atoms with van der Waals surface area (Å²) in [6, 6.07) is 21.8. The maximum Gasteiger partial charge on any atom is 0.326 e. The third-order valence-corrected chi connectivity index (χ3v) is 9.35. The van der Waals surface area contributed by atoms with E-state index >= 15 is 0 Å². The molecule has 5 rings (SSSR count). The minimum Gasteiger partial charge on any atom is -0.493 e. The van der Waals surface area contributed by atoms with Gasteiger partial charge in [-0.05, 0) is 73.9 Å². The van der Waals surface area contributed by atoms with Crippen LogP contribution in [0.15, 0.2) is 71.7 Å². The van der Waals surface area contributed by atoms with Gasteiger partial charge in [0.05, 0.1) is 43.4 Å². The van der Waals surface area contributed by atoms with Crippen LogP contribution in [0.25, 0.3) is 0 Å². The van der Waals surface area contributed by atoms with Gasteiger partial charge in [0.15, 0.2) is 0 Å². The van der Waals surface area contributed by atoms with Crippen LogP contribution in [-0.2, 0) is 15.0 Å². The molecule has 3 amide bonds. The van der Waals surface area contributed by atoms with Crippen molar-refractivity contribution in [1.82, 2.24) is 19.8 Å². The molecule has 2 atom stereocenters. The molecule has 49 heavy (non-hydrogen) atoms. The number of amides is 3. The van der Waals surface area contributed by atoms with Gasteiger partial charge in [-0.15, -0.1) is 0 Å².